The summed E-state index contributed by atoms with van der Waals surface area (Å²) in [5.41, 5.74) is 0.735. The highest BCUT2D eigenvalue weighted by molar-refractivity contribution is 5.99. The Labute approximate surface area is 129 Å². The van der Waals surface area contributed by atoms with E-state index in [2.05, 4.69) is 11.9 Å². The molecule has 0 spiro atoms. The standard InChI is InChI=1S/C16H20N2O4/c1-4-8-18(3)16(21)13(17-11-19)9-12-6-7-14(20)15(10-12)22-5-2/h4,6-7,9-11,20H,1,5,8H2,2-3H3,(H,17,19)/b13-9+. The van der Waals surface area contributed by atoms with Crippen LogP contribution < -0.4 is 10.1 Å². The summed E-state index contributed by atoms with van der Waals surface area (Å²) in [5, 5.41) is 12.1. The summed E-state index contributed by atoms with van der Waals surface area (Å²) in [4.78, 5) is 24.3. The van der Waals surface area contributed by atoms with Gasteiger partial charge in [-0.15, -0.1) is 6.58 Å². The minimum absolute atomic E-state index is 0.0130. The van der Waals surface area contributed by atoms with Gasteiger partial charge in [0.25, 0.3) is 5.91 Å². The molecule has 0 unspecified atom stereocenters. The number of hydrogen-bond donors (Lipinski definition) is 2. The number of ether oxygens (including phenoxy) is 1. The number of carbonyl (C=O) groups excluding carboxylic acids is 2. The first-order valence-electron chi connectivity index (χ1n) is 6.77. The first-order chi connectivity index (χ1) is 10.5. The van der Waals surface area contributed by atoms with E-state index in [1.165, 1.54) is 17.0 Å². The van der Waals surface area contributed by atoms with Gasteiger partial charge in [0.1, 0.15) is 5.70 Å². The number of benzene rings is 1. The average Bonchev–Trinajstić information content (AvgIpc) is 2.50. The molecule has 0 atom stereocenters. The van der Waals surface area contributed by atoms with E-state index in [9.17, 15) is 14.7 Å². The lowest BCUT2D eigenvalue weighted by Crippen LogP contribution is -2.33. The highest BCUT2D eigenvalue weighted by Gasteiger charge is 2.14. The zero-order chi connectivity index (χ0) is 16.5. The molecule has 6 heteroatoms. The monoisotopic (exact) mass is 304 g/mol. The first-order valence-corrected chi connectivity index (χ1v) is 6.77. The van der Waals surface area contributed by atoms with Crippen molar-refractivity contribution in [3.05, 3.63) is 42.1 Å². The summed E-state index contributed by atoms with van der Waals surface area (Å²) in [5.74, 6) is -0.0226. The van der Waals surface area contributed by atoms with E-state index in [4.69, 9.17) is 4.74 Å². The number of likely N-dealkylation sites (N-methyl/N-ethyl adjacent to an activating group) is 1. The molecule has 0 aliphatic carbocycles. The highest BCUT2D eigenvalue weighted by atomic mass is 16.5. The third kappa shape index (κ3) is 4.66. The molecule has 1 aromatic rings. The lowest BCUT2D eigenvalue weighted by atomic mass is 10.1. The maximum atomic E-state index is 12.2. The van der Waals surface area contributed by atoms with Crippen molar-refractivity contribution in [2.24, 2.45) is 0 Å². The Hall–Kier alpha value is -2.76. The quantitative estimate of drug-likeness (QED) is 0.433. The van der Waals surface area contributed by atoms with Gasteiger partial charge in [-0.05, 0) is 30.7 Å². The molecular weight excluding hydrogens is 284 g/mol. The SMILES string of the molecule is C=CCN(C)C(=O)/C(=C\c1ccc(O)c(OCC)c1)NC=O. The number of phenolic OH excluding ortho intramolecular Hbond substituents is 1. The number of nitrogens with zero attached hydrogens (tertiary/aromatic N) is 1. The highest BCUT2D eigenvalue weighted by Crippen LogP contribution is 2.27. The van der Waals surface area contributed by atoms with Crippen molar-refractivity contribution in [2.45, 2.75) is 6.92 Å². The van der Waals surface area contributed by atoms with Crippen molar-refractivity contribution in [2.75, 3.05) is 20.2 Å². The van der Waals surface area contributed by atoms with Gasteiger partial charge in [-0.3, -0.25) is 9.59 Å². The third-order valence-corrected chi connectivity index (χ3v) is 2.79. The van der Waals surface area contributed by atoms with Crippen LogP contribution in [0, 0.1) is 0 Å². The van der Waals surface area contributed by atoms with Gasteiger partial charge in [0.15, 0.2) is 11.5 Å². The van der Waals surface area contributed by atoms with Crippen molar-refractivity contribution in [1.82, 2.24) is 10.2 Å². The molecule has 22 heavy (non-hydrogen) atoms. The maximum absolute atomic E-state index is 12.2. The van der Waals surface area contributed by atoms with Gasteiger partial charge >= 0.3 is 0 Å². The molecule has 0 aliphatic rings. The Morgan fingerprint density at radius 3 is 2.82 bits per heavy atom. The molecule has 0 aliphatic heterocycles. The number of hydrogen-bond acceptors (Lipinski definition) is 4. The lowest BCUT2D eigenvalue weighted by molar-refractivity contribution is -0.126. The predicted molar refractivity (Wildman–Crippen MR) is 84.3 cm³/mol. The Balaban J connectivity index is 3.12. The van der Waals surface area contributed by atoms with Gasteiger partial charge in [0.2, 0.25) is 6.41 Å². The van der Waals surface area contributed by atoms with Crippen LogP contribution in [0.4, 0.5) is 0 Å². The van der Waals surface area contributed by atoms with Crippen LogP contribution in [0.3, 0.4) is 0 Å². The van der Waals surface area contributed by atoms with Crippen molar-refractivity contribution >= 4 is 18.4 Å². The molecule has 118 valence electrons. The summed E-state index contributed by atoms with van der Waals surface area (Å²) in [6, 6.07) is 4.67. The van der Waals surface area contributed by atoms with Crippen LogP contribution in [0.15, 0.2) is 36.6 Å². The number of nitrogens with one attached hydrogen (secondary N) is 1. The molecule has 1 rings (SSSR count). The summed E-state index contributed by atoms with van der Waals surface area (Å²) in [7, 11) is 1.60. The van der Waals surface area contributed by atoms with Crippen molar-refractivity contribution in [1.29, 1.82) is 0 Å². The fourth-order valence-electron chi connectivity index (χ4n) is 1.77. The molecule has 0 radical (unpaired) electrons. The van der Waals surface area contributed by atoms with Crippen molar-refractivity contribution in [3.8, 4) is 11.5 Å². The first kappa shape index (κ1) is 17.3. The van der Waals surface area contributed by atoms with Crippen LogP contribution >= 0.6 is 0 Å². The van der Waals surface area contributed by atoms with Gasteiger partial charge in [-0.25, -0.2) is 0 Å². The third-order valence-electron chi connectivity index (χ3n) is 2.79. The summed E-state index contributed by atoms with van der Waals surface area (Å²) < 4.78 is 5.29. The largest absolute Gasteiger partial charge is 0.504 e. The van der Waals surface area contributed by atoms with E-state index in [1.54, 1.807) is 32.2 Å². The van der Waals surface area contributed by atoms with Crippen LogP contribution in [-0.2, 0) is 9.59 Å². The van der Waals surface area contributed by atoms with E-state index in [0.29, 0.717) is 30.9 Å². The molecule has 0 saturated heterocycles. The maximum Gasteiger partial charge on any atom is 0.270 e. The summed E-state index contributed by atoms with van der Waals surface area (Å²) in [6.07, 6.45) is 3.54. The number of carbonyl (C=O) groups is 2. The summed E-state index contributed by atoms with van der Waals surface area (Å²) in [6.45, 7) is 6.13. The zero-order valence-corrected chi connectivity index (χ0v) is 12.7. The molecule has 2 amide bonds. The minimum Gasteiger partial charge on any atom is -0.504 e. The molecule has 0 heterocycles. The molecule has 2 N–H and O–H groups in total. The van der Waals surface area contributed by atoms with Crippen molar-refractivity contribution < 1.29 is 19.4 Å². The molecular formula is C16H20N2O4. The van der Waals surface area contributed by atoms with Gasteiger partial charge in [-0.1, -0.05) is 12.1 Å². The zero-order valence-electron chi connectivity index (χ0n) is 12.7. The van der Waals surface area contributed by atoms with Gasteiger partial charge in [0.05, 0.1) is 6.61 Å². The fraction of sp³-hybridized carbons (Fsp3) is 0.250. The van der Waals surface area contributed by atoms with Gasteiger partial charge in [-0.2, -0.15) is 0 Å². The smallest absolute Gasteiger partial charge is 0.270 e. The van der Waals surface area contributed by atoms with E-state index in [1.807, 2.05) is 0 Å². The van der Waals surface area contributed by atoms with Gasteiger partial charge in [0, 0.05) is 13.6 Å². The number of aromatic hydroxyl groups is 1. The number of rotatable bonds is 8. The van der Waals surface area contributed by atoms with E-state index in [-0.39, 0.29) is 17.4 Å². The predicted octanol–water partition coefficient (Wildman–Crippen LogP) is 1.52. The van der Waals surface area contributed by atoms with E-state index in [0.717, 1.165) is 0 Å². The van der Waals surface area contributed by atoms with Crippen LogP contribution in [0.1, 0.15) is 12.5 Å². The second kappa shape index (κ2) is 8.51. The lowest BCUT2D eigenvalue weighted by Gasteiger charge is -2.16. The van der Waals surface area contributed by atoms with Crippen molar-refractivity contribution in [3.63, 3.8) is 0 Å². The van der Waals surface area contributed by atoms with Crippen LogP contribution in [-0.4, -0.2) is 42.5 Å². The van der Waals surface area contributed by atoms with Crippen LogP contribution in [0.25, 0.3) is 6.08 Å². The second-order valence-corrected chi connectivity index (χ2v) is 4.45. The Kier molecular flexibility index (Phi) is 6.69. The Morgan fingerprint density at radius 1 is 1.50 bits per heavy atom. The fourth-order valence-corrected chi connectivity index (χ4v) is 1.77. The molecule has 0 fully saturated rings. The Morgan fingerprint density at radius 2 is 2.23 bits per heavy atom. The molecule has 0 aromatic heterocycles. The Bertz CT molecular complexity index is 582. The molecule has 0 saturated carbocycles. The van der Waals surface area contributed by atoms with Crippen LogP contribution in [0.5, 0.6) is 11.5 Å². The van der Waals surface area contributed by atoms with Gasteiger partial charge < -0.3 is 20.1 Å². The topological polar surface area (TPSA) is 78.9 Å². The number of phenols is 1. The molecule has 1 aromatic carbocycles. The van der Waals surface area contributed by atoms with E-state index < -0.39 is 0 Å². The summed E-state index contributed by atoms with van der Waals surface area (Å²) >= 11 is 0. The molecule has 6 nitrogen and oxygen atoms in total. The van der Waals surface area contributed by atoms with Crippen LogP contribution in [0.2, 0.25) is 0 Å². The number of amides is 2. The second-order valence-electron chi connectivity index (χ2n) is 4.45. The minimum atomic E-state index is -0.349. The molecule has 0 bridgehead atoms. The average molecular weight is 304 g/mol. The normalized spacial score (nSPS) is 10.7. The van der Waals surface area contributed by atoms with E-state index >= 15 is 0 Å².